The van der Waals surface area contributed by atoms with Gasteiger partial charge in [-0.25, -0.2) is 18.4 Å². The maximum atomic E-state index is 14.2. The Morgan fingerprint density at radius 1 is 0.763 bits per heavy atom. The molecule has 0 unspecified atom stereocenters. The van der Waals surface area contributed by atoms with Crippen LogP contribution in [0.25, 0.3) is 33.6 Å². The van der Waals surface area contributed by atoms with Crippen LogP contribution < -0.4 is 5.32 Å². The Labute approximate surface area is 345 Å². The molecule has 0 aliphatic rings. The third-order valence-corrected chi connectivity index (χ3v) is 8.58. The summed E-state index contributed by atoms with van der Waals surface area (Å²) < 4.78 is 51.6. The molecule has 13 nitrogen and oxygen atoms in total. The summed E-state index contributed by atoms with van der Waals surface area (Å²) in [5.74, 6) is -3.02. The molecule has 2 atom stereocenters. The number of esters is 1. The molecular weight excluding hydrogens is 815 g/mol. The smallest absolute Gasteiger partial charge is 0.431 e. The number of aromatic nitrogens is 2. The Morgan fingerprint density at radius 3 is 1.92 bits per heavy atom. The molecule has 0 aliphatic carbocycles. The van der Waals surface area contributed by atoms with E-state index in [1.165, 1.54) is 42.5 Å². The second kappa shape index (κ2) is 20.8. The topological polar surface area (TPSA) is 180 Å². The van der Waals surface area contributed by atoms with Gasteiger partial charge in [0.1, 0.15) is 23.0 Å². The molecule has 2 aromatic heterocycles. The number of hydrogen-bond donors (Lipinski definition) is 2. The van der Waals surface area contributed by atoms with Gasteiger partial charge in [-0.1, -0.05) is 82.6 Å². The molecule has 0 fully saturated rings. The number of benzene rings is 4. The van der Waals surface area contributed by atoms with E-state index in [1.807, 2.05) is 42.5 Å². The lowest BCUT2D eigenvalue weighted by Gasteiger charge is -2.21. The van der Waals surface area contributed by atoms with Gasteiger partial charge in [0.2, 0.25) is 18.3 Å². The summed E-state index contributed by atoms with van der Waals surface area (Å²) in [5, 5.41) is 20.5. The lowest BCUT2D eigenvalue weighted by Crippen LogP contribution is -2.41. The quantitative estimate of drug-likeness (QED) is 0.0605. The minimum atomic E-state index is -1.68. The second-order valence-electron chi connectivity index (χ2n) is 12.9. The molecule has 0 spiro atoms. The first kappa shape index (κ1) is 43.7. The summed E-state index contributed by atoms with van der Waals surface area (Å²) >= 11 is 11.3. The van der Waals surface area contributed by atoms with Crippen molar-refractivity contribution in [3.8, 4) is 33.6 Å². The van der Waals surface area contributed by atoms with E-state index in [9.17, 15) is 33.1 Å². The van der Waals surface area contributed by atoms with Gasteiger partial charge in [-0.05, 0) is 85.0 Å². The average Bonchev–Trinajstić information content (AvgIpc) is 3.90. The third kappa shape index (κ3) is 12.8. The normalized spacial score (nSPS) is 11.8. The fourth-order valence-corrected chi connectivity index (χ4v) is 5.68. The van der Waals surface area contributed by atoms with E-state index in [4.69, 9.17) is 37.2 Å². The van der Waals surface area contributed by atoms with Crippen molar-refractivity contribution in [2.24, 2.45) is 0 Å². The van der Waals surface area contributed by atoms with Gasteiger partial charge in [-0.3, -0.25) is 9.59 Å². The fourth-order valence-electron chi connectivity index (χ4n) is 5.40. The predicted octanol–water partition coefficient (Wildman–Crippen LogP) is 8.82. The van der Waals surface area contributed by atoms with Crippen LogP contribution in [0.5, 0.6) is 0 Å². The zero-order valence-electron chi connectivity index (χ0n) is 31.3. The van der Waals surface area contributed by atoms with Crippen LogP contribution in [-0.2, 0) is 25.4 Å². The second-order valence-corrected chi connectivity index (χ2v) is 13.6. The maximum absolute atomic E-state index is 14.2. The van der Waals surface area contributed by atoms with Gasteiger partial charge in [-0.2, -0.15) is 0 Å². The first-order valence-corrected chi connectivity index (χ1v) is 18.5. The molecule has 59 heavy (non-hydrogen) atoms. The van der Waals surface area contributed by atoms with Crippen molar-refractivity contribution < 1.29 is 56.3 Å². The highest BCUT2D eigenvalue weighted by molar-refractivity contribution is 6.67. The first-order chi connectivity index (χ1) is 28.3. The molecule has 4 aromatic carbocycles. The number of hydrogen-bond acceptors (Lipinski definition) is 12. The number of rotatable bonds is 14. The van der Waals surface area contributed by atoms with E-state index in [0.717, 1.165) is 16.7 Å². The zero-order valence-corrected chi connectivity index (χ0v) is 32.8. The predicted molar refractivity (Wildman–Crippen MR) is 210 cm³/mol. The van der Waals surface area contributed by atoms with Crippen LogP contribution in [0.3, 0.4) is 0 Å². The first-order valence-electron chi connectivity index (χ1n) is 17.7. The standard InChI is InChI=1S/C32H30ClFN2O8.C10H5ClFNO2/c1-19(2)43-32(40)42-18-41-31(39)28(37)16-24(14-20-10-12-21(13-11-20)22-6-5-7-23(33)15-22)35-30(38)29-17-27(36-44-29)25-8-3-4-9-26(25)34;11-10(14)9-5-8(13-15-9)6-3-1-2-4-7(6)12/h3-13,15,17,19,24,28,37H,14,16,18H2,1-2H3,(H,35,38);1-5H/t24-,28-;/m1./s1. The molecule has 0 saturated carbocycles. The van der Waals surface area contributed by atoms with E-state index >= 15 is 0 Å². The molecular formula is C42H35Cl2F2N3O10. The van der Waals surface area contributed by atoms with Gasteiger partial charge in [0.25, 0.3) is 11.1 Å². The Hall–Kier alpha value is -6.42. The SMILES string of the molecule is CC(C)OC(=O)OCOC(=O)[C@H](O)C[C@@H](Cc1ccc(-c2cccc(Cl)c2)cc1)NC(=O)c1cc(-c2ccccc2F)no1.O=C(Cl)c1cc(-c2ccccc2F)no1. The highest BCUT2D eigenvalue weighted by Gasteiger charge is 2.26. The monoisotopic (exact) mass is 849 g/mol. The van der Waals surface area contributed by atoms with E-state index < -0.39 is 60.0 Å². The molecule has 306 valence electrons. The van der Waals surface area contributed by atoms with Gasteiger partial charge in [-0.15, -0.1) is 0 Å². The van der Waals surface area contributed by atoms with Gasteiger partial charge < -0.3 is 33.7 Å². The van der Waals surface area contributed by atoms with Crippen molar-refractivity contribution in [3.63, 3.8) is 0 Å². The van der Waals surface area contributed by atoms with Crippen LogP contribution in [0.15, 0.2) is 118 Å². The van der Waals surface area contributed by atoms with Gasteiger partial charge in [0, 0.05) is 40.7 Å². The summed E-state index contributed by atoms with van der Waals surface area (Å²) in [4.78, 5) is 47.7. The lowest BCUT2D eigenvalue weighted by atomic mass is 9.97. The minimum Gasteiger partial charge on any atom is -0.431 e. The molecule has 6 rings (SSSR count). The Balaban J connectivity index is 0.000000367. The van der Waals surface area contributed by atoms with Gasteiger partial charge >= 0.3 is 12.1 Å². The van der Waals surface area contributed by atoms with Crippen LogP contribution in [0.4, 0.5) is 13.6 Å². The Bertz CT molecular complexity index is 2390. The average molecular weight is 851 g/mol. The minimum absolute atomic E-state index is 0.102. The van der Waals surface area contributed by atoms with E-state index in [2.05, 4.69) is 24.9 Å². The third-order valence-electron chi connectivity index (χ3n) is 8.16. The fraction of sp³-hybridized carbons (Fsp3) is 0.190. The van der Waals surface area contributed by atoms with Crippen molar-refractivity contribution in [3.05, 3.63) is 143 Å². The highest BCUT2D eigenvalue weighted by atomic mass is 35.5. The summed E-state index contributed by atoms with van der Waals surface area (Å²) in [6, 6.07) is 28.6. The molecule has 0 aliphatic heterocycles. The number of aliphatic hydroxyl groups is 1. The molecule has 1 amide bonds. The van der Waals surface area contributed by atoms with Gasteiger partial charge in [0.05, 0.1) is 6.10 Å². The van der Waals surface area contributed by atoms with E-state index in [-0.39, 0.29) is 46.9 Å². The summed E-state index contributed by atoms with van der Waals surface area (Å²) in [6.07, 6.45) is -3.20. The van der Waals surface area contributed by atoms with Crippen LogP contribution >= 0.6 is 23.2 Å². The van der Waals surface area contributed by atoms with Gasteiger partial charge in [0.15, 0.2) is 6.10 Å². The van der Waals surface area contributed by atoms with Crippen molar-refractivity contribution in [1.82, 2.24) is 15.6 Å². The highest BCUT2D eigenvalue weighted by Crippen LogP contribution is 2.26. The number of nitrogens with one attached hydrogen (secondary N) is 1. The number of nitrogens with zero attached hydrogens (tertiary/aromatic N) is 2. The Morgan fingerprint density at radius 2 is 1.36 bits per heavy atom. The van der Waals surface area contributed by atoms with Crippen LogP contribution in [0, 0.1) is 11.6 Å². The van der Waals surface area contributed by atoms with Crippen molar-refractivity contribution in [2.45, 2.75) is 44.9 Å². The lowest BCUT2D eigenvalue weighted by molar-refractivity contribution is -0.164. The molecule has 0 saturated heterocycles. The van der Waals surface area contributed by atoms with E-state index in [1.54, 1.807) is 38.1 Å². The largest absolute Gasteiger partial charge is 0.511 e. The molecule has 2 heterocycles. The van der Waals surface area contributed by atoms with Crippen molar-refractivity contribution in [2.75, 3.05) is 6.79 Å². The molecule has 2 N–H and O–H groups in total. The van der Waals surface area contributed by atoms with Crippen LogP contribution in [-0.4, -0.2) is 63.7 Å². The summed E-state index contributed by atoms with van der Waals surface area (Å²) in [5.41, 5.74) is 3.42. The van der Waals surface area contributed by atoms with E-state index in [0.29, 0.717) is 5.02 Å². The molecule has 0 bridgehead atoms. The number of aliphatic hydroxyl groups excluding tert-OH is 1. The number of carbonyl (C=O) groups excluding carboxylic acids is 4. The summed E-state index contributed by atoms with van der Waals surface area (Å²) in [7, 11) is 0. The van der Waals surface area contributed by atoms with Crippen molar-refractivity contribution >= 4 is 46.5 Å². The number of carbonyl (C=O) groups is 4. The maximum Gasteiger partial charge on any atom is 0.511 e. The zero-order chi connectivity index (χ0) is 42.5. The number of amides is 1. The van der Waals surface area contributed by atoms with Crippen LogP contribution in [0.1, 0.15) is 46.9 Å². The number of ether oxygens (including phenoxy) is 3. The number of halogens is 4. The van der Waals surface area contributed by atoms with Crippen molar-refractivity contribution in [1.29, 1.82) is 0 Å². The molecule has 17 heteroatoms. The summed E-state index contributed by atoms with van der Waals surface area (Å²) in [6.45, 7) is 2.48. The van der Waals surface area contributed by atoms with Crippen LogP contribution in [0.2, 0.25) is 5.02 Å². The molecule has 0 radical (unpaired) electrons. The molecule has 6 aromatic rings. The Kier molecular flexibility index (Phi) is 15.4.